The van der Waals surface area contributed by atoms with Crippen molar-refractivity contribution in [1.82, 2.24) is 4.90 Å². The summed E-state index contributed by atoms with van der Waals surface area (Å²) in [5, 5.41) is 9.22. The highest BCUT2D eigenvalue weighted by molar-refractivity contribution is 5.78. The largest absolute Gasteiger partial charge is 0.393 e. The first kappa shape index (κ1) is 14.5. The SMILES string of the molecule is CC(C)CC(CN)C(=O)N(C)CC1CC(O)C1. The Morgan fingerprint density at radius 3 is 2.47 bits per heavy atom. The van der Waals surface area contributed by atoms with E-state index in [1.54, 1.807) is 4.90 Å². The molecule has 0 aromatic heterocycles. The van der Waals surface area contributed by atoms with Gasteiger partial charge in [0.25, 0.3) is 0 Å². The van der Waals surface area contributed by atoms with Crippen LogP contribution in [0.2, 0.25) is 0 Å². The number of carbonyl (C=O) groups excluding carboxylic acids is 1. The van der Waals surface area contributed by atoms with Crippen LogP contribution in [0.15, 0.2) is 0 Å². The maximum atomic E-state index is 12.2. The Morgan fingerprint density at radius 1 is 1.47 bits per heavy atom. The Labute approximate surface area is 104 Å². The number of carbonyl (C=O) groups is 1. The number of nitrogens with two attached hydrogens (primary N) is 1. The van der Waals surface area contributed by atoms with Gasteiger partial charge in [0.05, 0.1) is 12.0 Å². The molecule has 4 heteroatoms. The summed E-state index contributed by atoms with van der Waals surface area (Å²) < 4.78 is 0. The number of aliphatic hydroxyl groups is 1. The van der Waals surface area contributed by atoms with E-state index in [9.17, 15) is 9.90 Å². The second-order valence-electron chi connectivity index (χ2n) is 5.77. The van der Waals surface area contributed by atoms with E-state index in [-0.39, 0.29) is 17.9 Å². The van der Waals surface area contributed by atoms with Crippen molar-refractivity contribution in [2.24, 2.45) is 23.5 Å². The predicted octanol–water partition coefficient (Wildman–Crippen LogP) is 0.837. The van der Waals surface area contributed by atoms with Gasteiger partial charge in [-0.2, -0.15) is 0 Å². The van der Waals surface area contributed by atoms with Crippen LogP contribution < -0.4 is 5.73 Å². The van der Waals surface area contributed by atoms with E-state index < -0.39 is 0 Å². The standard InChI is InChI=1S/C13H26N2O2/c1-9(2)4-11(7-14)13(17)15(3)8-10-5-12(16)6-10/h9-12,16H,4-8,14H2,1-3H3. The molecule has 1 unspecified atom stereocenters. The summed E-state index contributed by atoms with van der Waals surface area (Å²) in [5.41, 5.74) is 5.67. The number of aliphatic hydroxyl groups excluding tert-OH is 1. The van der Waals surface area contributed by atoms with Crippen molar-refractivity contribution in [2.45, 2.75) is 39.2 Å². The molecule has 0 radical (unpaired) electrons. The molecule has 4 nitrogen and oxygen atoms in total. The molecule has 1 aliphatic rings. The molecule has 100 valence electrons. The van der Waals surface area contributed by atoms with Crippen LogP contribution in [0.25, 0.3) is 0 Å². The van der Waals surface area contributed by atoms with E-state index in [1.807, 2.05) is 7.05 Å². The van der Waals surface area contributed by atoms with Crippen LogP contribution in [0.5, 0.6) is 0 Å². The van der Waals surface area contributed by atoms with Gasteiger partial charge in [0.15, 0.2) is 0 Å². The van der Waals surface area contributed by atoms with E-state index in [0.29, 0.717) is 18.4 Å². The summed E-state index contributed by atoms with van der Waals surface area (Å²) in [6, 6.07) is 0. The number of hydrogen-bond acceptors (Lipinski definition) is 3. The lowest BCUT2D eigenvalue weighted by atomic mass is 9.82. The van der Waals surface area contributed by atoms with Crippen LogP contribution in [0.4, 0.5) is 0 Å². The summed E-state index contributed by atoms with van der Waals surface area (Å²) in [7, 11) is 1.84. The molecule has 17 heavy (non-hydrogen) atoms. The Morgan fingerprint density at radius 2 is 2.06 bits per heavy atom. The number of amides is 1. The normalized spacial score (nSPS) is 25.5. The minimum atomic E-state index is -0.149. The van der Waals surface area contributed by atoms with Crippen LogP contribution in [-0.4, -0.2) is 42.2 Å². The van der Waals surface area contributed by atoms with E-state index in [4.69, 9.17) is 5.73 Å². The van der Waals surface area contributed by atoms with Gasteiger partial charge < -0.3 is 15.7 Å². The molecule has 0 aromatic rings. The maximum absolute atomic E-state index is 12.2. The van der Waals surface area contributed by atoms with E-state index in [2.05, 4.69) is 13.8 Å². The zero-order valence-electron chi connectivity index (χ0n) is 11.2. The third kappa shape index (κ3) is 4.28. The Balaban J connectivity index is 2.38. The minimum absolute atomic E-state index is 0.0509. The summed E-state index contributed by atoms with van der Waals surface area (Å²) in [4.78, 5) is 13.9. The molecule has 0 spiro atoms. The quantitative estimate of drug-likeness (QED) is 0.725. The van der Waals surface area contributed by atoms with Gasteiger partial charge in [-0.3, -0.25) is 4.79 Å². The Hall–Kier alpha value is -0.610. The van der Waals surface area contributed by atoms with Gasteiger partial charge in [-0.1, -0.05) is 13.8 Å². The van der Waals surface area contributed by atoms with Gasteiger partial charge in [-0.25, -0.2) is 0 Å². The summed E-state index contributed by atoms with van der Waals surface area (Å²) in [6.07, 6.45) is 2.36. The Kier molecular flexibility index (Phi) is 5.40. The fraction of sp³-hybridized carbons (Fsp3) is 0.923. The Bertz CT molecular complexity index is 250. The molecule has 1 amide bonds. The van der Waals surface area contributed by atoms with Gasteiger partial charge >= 0.3 is 0 Å². The van der Waals surface area contributed by atoms with E-state index >= 15 is 0 Å². The molecule has 1 rings (SSSR count). The zero-order valence-corrected chi connectivity index (χ0v) is 11.2. The summed E-state index contributed by atoms with van der Waals surface area (Å²) >= 11 is 0. The van der Waals surface area contributed by atoms with Crippen molar-refractivity contribution in [3.05, 3.63) is 0 Å². The first-order valence-electron chi connectivity index (χ1n) is 6.57. The van der Waals surface area contributed by atoms with Crippen LogP contribution in [0.1, 0.15) is 33.1 Å². The van der Waals surface area contributed by atoms with Gasteiger partial charge in [0, 0.05) is 20.1 Å². The van der Waals surface area contributed by atoms with Crippen LogP contribution >= 0.6 is 0 Å². The fourth-order valence-electron chi connectivity index (χ4n) is 2.51. The van der Waals surface area contributed by atoms with Gasteiger partial charge in [-0.15, -0.1) is 0 Å². The third-order valence-electron chi connectivity index (χ3n) is 3.51. The lowest BCUT2D eigenvalue weighted by molar-refractivity contribution is -0.136. The second-order valence-corrected chi connectivity index (χ2v) is 5.77. The van der Waals surface area contributed by atoms with Crippen LogP contribution in [0.3, 0.4) is 0 Å². The van der Waals surface area contributed by atoms with Crippen LogP contribution in [0, 0.1) is 17.8 Å². The maximum Gasteiger partial charge on any atom is 0.226 e. The molecular formula is C13H26N2O2. The molecule has 1 atom stereocenters. The molecule has 0 saturated heterocycles. The summed E-state index contributed by atoms with van der Waals surface area (Å²) in [5.74, 6) is 1.07. The number of hydrogen-bond donors (Lipinski definition) is 2. The van der Waals surface area contributed by atoms with Crippen molar-refractivity contribution >= 4 is 5.91 Å². The molecule has 1 aliphatic carbocycles. The lowest BCUT2D eigenvalue weighted by Gasteiger charge is -2.35. The van der Waals surface area contributed by atoms with Gasteiger partial charge in [0.1, 0.15) is 0 Å². The van der Waals surface area contributed by atoms with Gasteiger partial charge in [-0.05, 0) is 31.1 Å². The molecule has 0 bridgehead atoms. The average molecular weight is 242 g/mol. The molecule has 0 aromatic carbocycles. The van der Waals surface area contributed by atoms with Crippen molar-refractivity contribution in [1.29, 1.82) is 0 Å². The molecule has 0 aliphatic heterocycles. The summed E-state index contributed by atoms with van der Waals surface area (Å²) in [6.45, 7) is 5.40. The fourth-order valence-corrected chi connectivity index (χ4v) is 2.51. The molecular weight excluding hydrogens is 216 g/mol. The topological polar surface area (TPSA) is 66.6 Å². The highest BCUT2D eigenvalue weighted by Crippen LogP contribution is 2.28. The predicted molar refractivity (Wildman–Crippen MR) is 68.4 cm³/mol. The zero-order chi connectivity index (χ0) is 13.0. The molecule has 0 heterocycles. The molecule has 1 saturated carbocycles. The number of nitrogens with zero attached hydrogens (tertiary/aromatic N) is 1. The molecule has 1 fully saturated rings. The minimum Gasteiger partial charge on any atom is -0.393 e. The highest BCUT2D eigenvalue weighted by Gasteiger charge is 2.30. The average Bonchev–Trinajstić information content (AvgIpc) is 2.22. The van der Waals surface area contributed by atoms with Crippen LogP contribution in [-0.2, 0) is 4.79 Å². The van der Waals surface area contributed by atoms with Crippen molar-refractivity contribution in [3.8, 4) is 0 Å². The van der Waals surface area contributed by atoms with E-state index in [1.165, 1.54) is 0 Å². The number of rotatable bonds is 6. The van der Waals surface area contributed by atoms with Crippen molar-refractivity contribution < 1.29 is 9.90 Å². The monoisotopic (exact) mass is 242 g/mol. The highest BCUT2D eigenvalue weighted by atomic mass is 16.3. The van der Waals surface area contributed by atoms with Crippen molar-refractivity contribution in [3.63, 3.8) is 0 Å². The van der Waals surface area contributed by atoms with E-state index in [0.717, 1.165) is 25.8 Å². The lowest BCUT2D eigenvalue weighted by Crippen LogP contribution is -2.43. The third-order valence-corrected chi connectivity index (χ3v) is 3.51. The smallest absolute Gasteiger partial charge is 0.226 e. The first-order chi connectivity index (χ1) is 7.93. The second kappa shape index (κ2) is 6.36. The van der Waals surface area contributed by atoms with Crippen molar-refractivity contribution in [2.75, 3.05) is 20.1 Å². The first-order valence-corrected chi connectivity index (χ1v) is 6.57. The molecule has 3 N–H and O–H groups in total. The van der Waals surface area contributed by atoms with Gasteiger partial charge in [0.2, 0.25) is 5.91 Å².